The highest BCUT2D eigenvalue weighted by Crippen LogP contribution is 2.36. The third kappa shape index (κ3) is 44.4. The third-order valence-corrected chi connectivity index (χ3v) is 23.3. The highest BCUT2D eigenvalue weighted by molar-refractivity contribution is 7.87. The minimum absolute atomic E-state index is 0.181. The molecule has 0 aliphatic carbocycles. The molecule has 802 valence electrons. The fourth-order valence-electron chi connectivity index (χ4n) is 13.2. The lowest BCUT2D eigenvalue weighted by Gasteiger charge is -2.19. The monoisotopic (exact) mass is 2160 g/mol. The molecule has 0 saturated carbocycles. The lowest BCUT2D eigenvalue weighted by atomic mass is 9.87. The predicted molar refractivity (Wildman–Crippen MR) is 514 cm³/mol. The molecular formula is C104H114F12N4O24S4. The van der Waals surface area contributed by atoms with E-state index in [9.17, 15) is 52.7 Å². The number of rotatable bonds is 25. The first kappa shape index (κ1) is 121. The van der Waals surface area contributed by atoms with Crippen molar-refractivity contribution in [2.75, 3.05) is 79.3 Å². The lowest BCUT2D eigenvalue weighted by Crippen LogP contribution is -2.43. The van der Waals surface area contributed by atoms with Crippen LogP contribution in [0.3, 0.4) is 0 Å². The van der Waals surface area contributed by atoms with Crippen LogP contribution in [0.1, 0.15) is 108 Å². The van der Waals surface area contributed by atoms with E-state index in [0.717, 1.165) is 70.7 Å². The zero-order valence-corrected chi connectivity index (χ0v) is 84.7. The zero-order chi connectivity index (χ0) is 108. The van der Waals surface area contributed by atoms with Gasteiger partial charge in [-0.1, -0.05) is 211 Å². The van der Waals surface area contributed by atoms with E-state index in [1.54, 1.807) is 0 Å². The molecule has 0 fully saturated rings. The first-order valence-electron chi connectivity index (χ1n) is 45.6. The number of fused-ring (bicyclic) bond motifs is 2. The number of nitrogens with zero attached hydrogens (tertiary/aromatic N) is 4. The highest BCUT2D eigenvalue weighted by atomic mass is 32.2. The number of ether oxygens (including phenoxy) is 12. The predicted octanol–water partition coefficient (Wildman–Crippen LogP) is 17.6. The van der Waals surface area contributed by atoms with Crippen LogP contribution in [0.5, 0.6) is 23.0 Å². The number of alkyl halides is 12. The minimum atomic E-state index is -6.09. The first-order chi connectivity index (χ1) is 69.8. The maximum absolute atomic E-state index is 10.7. The van der Waals surface area contributed by atoms with Crippen LogP contribution in [-0.4, -0.2) is 153 Å². The molecule has 8 aromatic carbocycles. The minimum Gasteiger partial charge on any atom is -0.741 e. The molecule has 28 nitrogen and oxygen atoms in total. The smallest absolute Gasteiger partial charge is 0.485 e. The van der Waals surface area contributed by atoms with Crippen LogP contribution in [0.15, 0.2) is 292 Å². The molecule has 148 heavy (non-hydrogen) atoms. The van der Waals surface area contributed by atoms with Crippen molar-refractivity contribution in [3.8, 4) is 45.3 Å². The molecule has 1 aliphatic heterocycles. The van der Waals surface area contributed by atoms with Crippen LogP contribution in [0.25, 0.3) is 22.3 Å². The maximum atomic E-state index is 10.7. The summed E-state index contributed by atoms with van der Waals surface area (Å²) in [4.78, 5) is 0. The average molecular weight is 2160 g/mol. The molecule has 5 heterocycles. The molecule has 0 radical (unpaired) electrons. The molecule has 12 aromatic rings. The summed E-state index contributed by atoms with van der Waals surface area (Å²) in [6.07, 6.45) is 17.4. The standard InChI is InChI=1S/C56H64O12.C44H50N4.4CHF3O3S/c1-5-13-45(14-6-1)37-61-41-49-33-53-54(34-50(49)42-62-38-46-15-7-2-8-16-46)66-30-26-58-23-24-60-28-32-68-56-36-52(44-64-40-48-19-11-4-12-20-48)51(43-63-39-47-17-9-3-10-18-47)35-55(56)67-31-27-59-22-21-57-25-29-65-53;1-43(2,3)41-11-7-35(8-12-41)33-47-27-19-39(20-28-47)37-15-23-45(24-16-37)31-32-46-25-17-38(18-26-46)40-21-29-48(30-22-40)34-36-9-13-42(14-10-36)44(4,5)6;4*2-1(3,4)8(5,6)7/h1-20,33-36H,21-32,37-44H2;7-30H,31-34H2,1-6H3;4*(H,5,6,7)/q;+4;;;;/p-4. The van der Waals surface area contributed by atoms with Gasteiger partial charge in [-0.15, -0.1) is 0 Å². The van der Waals surface area contributed by atoms with Gasteiger partial charge in [0.1, 0.15) is 26.4 Å². The van der Waals surface area contributed by atoms with Crippen LogP contribution in [0, 0.1) is 0 Å². The summed E-state index contributed by atoms with van der Waals surface area (Å²) in [5.74, 6) is 2.34. The van der Waals surface area contributed by atoms with Crippen LogP contribution in [0.4, 0.5) is 52.7 Å². The summed E-state index contributed by atoms with van der Waals surface area (Å²) in [7, 11) is -24.4. The number of pyridine rings is 4. The summed E-state index contributed by atoms with van der Waals surface area (Å²) in [6.45, 7) is 24.6. The van der Waals surface area contributed by atoms with Gasteiger partial charge in [0.05, 0.1) is 106 Å². The van der Waals surface area contributed by atoms with Gasteiger partial charge in [0, 0.05) is 59.7 Å². The van der Waals surface area contributed by atoms with E-state index in [1.165, 1.54) is 44.5 Å². The average Bonchev–Trinajstić information content (AvgIpc) is 0.825. The molecule has 44 heteroatoms. The van der Waals surface area contributed by atoms with Crippen LogP contribution >= 0.6 is 0 Å². The van der Waals surface area contributed by atoms with Crippen LogP contribution in [-0.2, 0) is 168 Å². The van der Waals surface area contributed by atoms with Gasteiger partial charge in [0.15, 0.2) is 126 Å². The molecule has 1 aliphatic rings. The number of halogens is 12. The number of benzene rings is 8. The quantitative estimate of drug-likeness (QED) is 0.0222. The van der Waals surface area contributed by atoms with E-state index < -0.39 is 62.5 Å². The van der Waals surface area contributed by atoms with Gasteiger partial charge in [0.25, 0.3) is 0 Å². The van der Waals surface area contributed by atoms with Crippen molar-refractivity contribution in [3.63, 3.8) is 0 Å². The van der Waals surface area contributed by atoms with Gasteiger partial charge < -0.3 is 75.1 Å². The number of hydrogen-bond donors (Lipinski definition) is 0. The Morgan fingerprint density at radius 1 is 0.250 bits per heavy atom. The lowest BCUT2D eigenvalue weighted by molar-refractivity contribution is -0.778. The highest BCUT2D eigenvalue weighted by Gasteiger charge is 2.39. The van der Waals surface area contributed by atoms with Crippen molar-refractivity contribution in [2.45, 2.75) is 153 Å². The Bertz CT molecular complexity index is 5820. The fraction of sp³-hybridized carbons (Fsp3) is 0.346. The summed E-state index contributed by atoms with van der Waals surface area (Å²) in [5.41, 5.74) is -3.77. The Kier molecular flexibility index (Phi) is 47.7. The number of hydrogen-bond acceptors (Lipinski definition) is 24. The van der Waals surface area contributed by atoms with Gasteiger partial charge in [-0.3, -0.25) is 0 Å². The second-order valence-corrected chi connectivity index (χ2v) is 40.0. The SMILES string of the molecule is CC(C)(C)c1ccc(C[n+]2ccc(-c3cc[n+](CC[n+]4ccc(-c5cc[n+](Cc6ccc(C(C)(C)C)cc6)cc5)cc4)cc3)cc2)cc1.O=S(=O)([O-])C(F)(F)F.O=S(=O)([O-])C(F)(F)F.O=S(=O)([O-])C(F)(F)F.O=S(=O)([O-])C(F)(F)F.c1ccc(COCc2cc3c(cc2COCc2ccccc2)OCCOCCOCCOc2cc(COCc4ccccc4)c(COCc4ccccc4)cc2OCCOCCOCCO3)cc1. The van der Waals surface area contributed by atoms with E-state index in [4.69, 9.17) is 109 Å². The van der Waals surface area contributed by atoms with Gasteiger partial charge in [0.2, 0.25) is 13.1 Å². The van der Waals surface area contributed by atoms with E-state index >= 15 is 0 Å². The number of aryl methyl sites for hydroxylation is 2. The van der Waals surface area contributed by atoms with Gasteiger partial charge in [-0.25, -0.2) is 42.8 Å². The maximum Gasteiger partial charge on any atom is 0.485 e. The van der Waals surface area contributed by atoms with Crippen LogP contribution < -0.4 is 37.2 Å². The van der Waals surface area contributed by atoms with E-state index in [2.05, 4.69) is 206 Å². The zero-order valence-electron chi connectivity index (χ0n) is 81.4. The van der Waals surface area contributed by atoms with E-state index in [0.29, 0.717) is 155 Å². The second-order valence-electron chi connectivity index (χ2n) is 34.6. The Labute approximate surface area is 852 Å². The van der Waals surface area contributed by atoms with Crippen molar-refractivity contribution in [1.29, 1.82) is 0 Å². The largest absolute Gasteiger partial charge is 0.741 e. The van der Waals surface area contributed by atoms with E-state index in [-0.39, 0.29) is 10.8 Å². The van der Waals surface area contributed by atoms with Gasteiger partial charge >= 0.3 is 22.0 Å². The Morgan fingerprint density at radius 2 is 0.432 bits per heavy atom. The molecule has 0 unspecified atom stereocenters. The van der Waals surface area contributed by atoms with Crippen LogP contribution in [0.2, 0.25) is 0 Å². The Hall–Kier alpha value is -12.0. The van der Waals surface area contributed by atoms with Gasteiger partial charge in [-0.2, -0.15) is 61.8 Å². The topological polar surface area (TPSA) is 355 Å². The van der Waals surface area contributed by atoms with Crippen molar-refractivity contribution in [3.05, 3.63) is 359 Å². The third-order valence-electron chi connectivity index (χ3n) is 21.0. The molecule has 0 amide bonds. The first-order valence-corrected chi connectivity index (χ1v) is 51.2. The molecule has 0 atom stereocenters. The van der Waals surface area contributed by atoms with Crippen molar-refractivity contribution in [2.24, 2.45) is 0 Å². The summed E-state index contributed by atoms with van der Waals surface area (Å²) < 4.78 is 318. The molecule has 0 bridgehead atoms. The van der Waals surface area contributed by atoms with Crippen molar-refractivity contribution < 1.29 is 180 Å². The second kappa shape index (κ2) is 58.3. The summed E-state index contributed by atoms with van der Waals surface area (Å²) in [6, 6.07) is 84.0. The molecule has 0 spiro atoms. The normalized spacial score (nSPS) is 13.6. The summed E-state index contributed by atoms with van der Waals surface area (Å²) in [5, 5.41) is 0. The fourth-order valence-corrected chi connectivity index (χ4v) is 13.2. The molecule has 0 N–H and O–H groups in total. The molecular weight excluding hydrogens is 2050 g/mol. The molecule has 0 saturated heterocycles. The molecule has 13 rings (SSSR count). The van der Waals surface area contributed by atoms with Gasteiger partial charge in [-0.05, 0) is 113 Å². The molecule has 4 aromatic heterocycles. The number of aromatic nitrogens is 4. The summed E-state index contributed by atoms with van der Waals surface area (Å²) >= 11 is 0. The van der Waals surface area contributed by atoms with Crippen molar-refractivity contribution >= 4 is 40.5 Å². The Morgan fingerprint density at radius 3 is 0.615 bits per heavy atom. The van der Waals surface area contributed by atoms with E-state index in [1.807, 2.05) is 146 Å². The Balaban J connectivity index is 0.000000285. The van der Waals surface area contributed by atoms with Crippen molar-refractivity contribution in [1.82, 2.24) is 0 Å².